The van der Waals surface area contributed by atoms with Crippen LogP contribution in [0.25, 0.3) is 5.82 Å². The van der Waals surface area contributed by atoms with E-state index >= 15 is 0 Å². The highest BCUT2D eigenvalue weighted by molar-refractivity contribution is 7.94. The van der Waals surface area contributed by atoms with Gasteiger partial charge in [0.1, 0.15) is 15.9 Å². The first-order valence-corrected chi connectivity index (χ1v) is 9.37. The molecule has 23 heavy (non-hydrogen) atoms. The van der Waals surface area contributed by atoms with E-state index in [1.54, 1.807) is 30.6 Å². The van der Waals surface area contributed by atoms with Crippen LogP contribution in [0.2, 0.25) is 0 Å². The Morgan fingerprint density at radius 2 is 2.04 bits per heavy atom. The summed E-state index contributed by atoms with van der Waals surface area (Å²) in [7, 11) is -3.57. The van der Waals surface area contributed by atoms with Crippen molar-refractivity contribution in [2.75, 3.05) is 4.72 Å². The third-order valence-corrected chi connectivity index (χ3v) is 6.43. The molecular weight excluding hydrogens is 332 g/mol. The lowest BCUT2D eigenvalue weighted by atomic mass is 10.4. The van der Waals surface area contributed by atoms with Crippen LogP contribution in [0.5, 0.6) is 0 Å². The van der Waals surface area contributed by atoms with Crippen molar-refractivity contribution in [3.63, 3.8) is 0 Å². The van der Waals surface area contributed by atoms with Crippen molar-refractivity contribution in [1.29, 1.82) is 0 Å². The molecule has 0 spiro atoms. The van der Waals surface area contributed by atoms with Gasteiger partial charge in [-0.1, -0.05) is 6.92 Å². The Morgan fingerprint density at radius 1 is 1.22 bits per heavy atom. The summed E-state index contributed by atoms with van der Waals surface area (Å²) in [5.74, 6) is 1.50. The second-order valence-electron chi connectivity index (χ2n) is 4.93. The zero-order valence-corrected chi connectivity index (χ0v) is 14.4. The average molecular weight is 348 g/mol. The van der Waals surface area contributed by atoms with Crippen LogP contribution in [0, 0.1) is 6.92 Å². The van der Waals surface area contributed by atoms with Gasteiger partial charge in [-0.3, -0.25) is 9.29 Å². The van der Waals surface area contributed by atoms with Crippen molar-refractivity contribution in [1.82, 2.24) is 14.5 Å². The molecule has 120 valence electrons. The molecule has 0 aliphatic heterocycles. The molecule has 6 nitrogen and oxygen atoms in total. The predicted octanol–water partition coefficient (Wildman–Crippen LogP) is 3.00. The lowest BCUT2D eigenvalue weighted by Gasteiger charge is -2.08. The Hall–Kier alpha value is -2.19. The fraction of sp³-hybridized carbons (Fsp3) is 0.200. The molecule has 0 atom stereocenters. The third kappa shape index (κ3) is 3.27. The zero-order valence-electron chi connectivity index (χ0n) is 12.7. The van der Waals surface area contributed by atoms with Gasteiger partial charge in [0.15, 0.2) is 0 Å². The van der Waals surface area contributed by atoms with E-state index in [-0.39, 0.29) is 0 Å². The van der Waals surface area contributed by atoms with Gasteiger partial charge in [-0.2, -0.15) is 0 Å². The van der Waals surface area contributed by atoms with E-state index < -0.39 is 10.0 Å². The molecule has 0 aromatic carbocycles. The normalized spacial score (nSPS) is 11.6. The van der Waals surface area contributed by atoms with E-state index in [1.807, 2.05) is 24.5 Å². The number of anilines is 1. The molecule has 0 unspecified atom stereocenters. The first-order valence-electron chi connectivity index (χ1n) is 7.07. The molecule has 0 aliphatic carbocycles. The van der Waals surface area contributed by atoms with E-state index in [0.29, 0.717) is 15.7 Å². The van der Waals surface area contributed by atoms with Crippen LogP contribution in [-0.2, 0) is 16.4 Å². The molecule has 3 rings (SSSR count). The molecule has 0 aliphatic rings. The Labute approximate surface area is 138 Å². The van der Waals surface area contributed by atoms with Gasteiger partial charge in [0.25, 0.3) is 10.0 Å². The summed E-state index contributed by atoms with van der Waals surface area (Å²) in [6.07, 6.45) is 5.82. The largest absolute Gasteiger partial charge is 0.288 e. The maximum absolute atomic E-state index is 12.4. The molecule has 0 saturated heterocycles. The SMILES string of the molecule is CCc1ccc(S(=O)(=O)Nc2ccc(-n3ccnc3C)nc2)s1. The van der Waals surface area contributed by atoms with Crippen LogP contribution in [-0.4, -0.2) is 23.0 Å². The molecule has 0 radical (unpaired) electrons. The molecule has 0 bridgehead atoms. The minimum absolute atomic E-state index is 0.309. The maximum atomic E-state index is 12.4. The third-order valence-electron chi connectivity index (χ3n) is 3.32. The minimum atomic E-state index is -3.57. The highest BCUT2D eigenvalue weighted by Crippen LogP contribution is 2.24. The number of sulfonamides is 1. The Kier molecular flexibility index (Phi) is 4.18. The van der Waals surface area contributed by atoms with Crippen molar-refractivity contribution < 1.29 is 8.42 Å². The van der Waals surface area contributed by atoms with Crippen LogP contribution in [0.3, 0.4) is 0 Å². The summed E-state index contributed by atoms with van der Waals surface area (Å²) < 4.78 is 29.4. The fourth-order valence-electron chi connectivity index (χ4n) is 2.11. The van der Waals surface area contributed by atoms with E-state index in [1.165, 1.54) is 17.5 Å². The summed E-state index contributed by atoms with van der Waals surface area (Å²) in [6.45, 7) is 3.87. The lowest BCUT2D eigenvalue weighted by molar-refractivity contribution is 0.603. The second kappa shape index (κ2) is 6.13. The number of hydrogen-bond donors (Lipinski definition) is 1. The number of aromatic nitrogens is 3. The topological polar surface area (TPSA) is 76.9 Å². The number of aryl methyl sites for hydroxylation is 2. The van der Waals surface area contributed by atoms with Crippen LogP contribution >= 0.6 is 11.3 Å². The van der Waals surface area contributed by atoms with Crippen molar-refractivity contribution in [3.8, 4) is 5.82 Å². The predicted molar refractivity (Wildman–Crippen MR) is 90.6 cm³/mol. The first kappa shape index (κ1) is 15.7. The summed E-state index contributed by atoms with van der Waals surface area (Å²) >= 11 is 1.28. The van der Waals surface area contributed by atoms with Crippen LogP contribution in [0.15, 0.2) is 47.1 Å². The minimum Gasteiger partial charge on any atom is -0.288 e. The number of thiophene rings is 1. The number of hydrogen-bond acceptors (Lipinski definition) is 5. The molecule has 0 amide bonds. The van der Waals surface area contributed by atoms with Gasteiger partial charge in [0.2, 0.25) is 0 Å². The number of imidazole rings is 1. The first-order chi connectivity index (χ1) is 11.0. The molecule has 3 aromatic heterocycles. The summed E-state index contributed by atoms with van der Waals surface area (Å²) in [5.41, 5.74) is 0.429. The molecule has 3 heterocycles. The van der Waals surface area contributed by atoms with Crippen LogP contribution in [0.1, 0.15) is 17.6 Å². The Balaban J connectivity index is 1.81. The Bertz CT molecular complexity index is 911. The van der Waals surface area contributed by atoms with Crippen molar-refractivity contribution in [2.24, 2.45) is 0 Å². The smallest absolute Gasteiger partial charge is 0.271 e. The molecule has 1 N–H and O–H groups in total. The summed E-state index contributed by atoms with van der Waals surface area (Å²) in [5, 5.41) is 0. The molecule has 3 aromatic rings. The lowest BCUT2D eigenvalue weighted by Crippen LogP contribution is -2.12. The standard InChI is InChI=1S/C15H16N4O2S2/c1-3-13-5-7-15(22-13)23(20,21)18-12-4-6-14(17-10-12)19-9-8-16-11(19)2/h4-10,18H,3H2,1-2H3. The van der Waals surface area contributed by atoms with Crippen LogP contribution in [0.4, 0.5) is 5.69 Å². The van der Waals surface area contributed by atoms with E-state index in [4.69, 9.17) is 0 Å². The quantitative estimate of drug-likeness (QED) is 0.769. The van der Waals surface area contributed by atoms with Crippen molar-refractivity contribution in [2.45, 2.75) is 24.5 Å². The molecule has 0 saturated carbocycles. The molecule has 0 fully saturated rings. The highest BCUT2D eigenvalue weighted by Gasteiger charge is 2.17. The van der Waals surface area contributed by atoms with Crippen LogP contribution < -0.4 is 4.72 Å². The summed E-state index contributed by atoms with van der Waals surface area (Å²) in [4.78, 5) is 9.45. The number of nitrogens with one attached hydrogen (secondary N) is 1. The molecule has 8 heteroatoms. The second-order valence-corrected chi connectivity index (χ2v) is 8.01. The van der Waals surface area contributed by atoms with Gasteiger partial charge in [-0.25, -0.2) is 18.4 Å². The summed E-state index contributed by atoms with van der Waals surface area (Å²) in [6, 6.07) is 6.90. The van der Waals surface area contributed by atoms with Crippen molar-refractivity contribution >= 4 is 27.0 Å². The maximum Gasteiger partial charge on any atom is 0.271 e. The molecular formula is C15H16N4O2S2. The average Bonchev–Trinajstić information content (AvgIpc) is 3.17. The Morgan fingerprint density at radius 3 is 2.61 bits per heavy atom. The van der Waals surface area contributed by atoms with Gasteiger partial charge < -0.3 is 0 Å². The van der Waals surface area contributed by atoms with Gasteiger partial charge in [-0.05, 0) is 37.6 Å². The number of rotatable bonds is 5. The van der Waals surface area contributed by atoms with Gasteiger partial charge in [-0.15, -0.1) is 11.3 Å². The highest BCUT2D eigenvalue weighted by atomic mass is 32.2. The van der Waals surface area contributed by atoms with E-state index in [0.717, 1.165) is 17.1 Å². The fourth-order valence-corrected chi connectivity index (χ4v) is 4.45. The monoisotopic (exact) mass is 348 g/mol. The number of pyridine rings is 1. The van der Waals surface area contributed by atoms with E-state index in [9.17, 15) is 8.42 Å². The van der Waals surface area contributed by atoms with Gasteiger partial charge in [0.05, 0.1) is 11.9 Å². The van der Waals surface area contributed by atoms with Gasteiger partial charge >= 0.3 is 0 Å². The van der Waals surface area contributed by atoms with E-state index in [2.05, 4.69) is 14.7 Å². The number of nitrogens with zero attached hydrogens (tertiary/aromatic N) is 3. The van der Waals surface area contributed by atoms with Gasteiger partial charge in [0, 0.05) is 17.3 Å². The zero-order chi connectivity index (χ0) is 16.4. The van der Waals surface area contributed by atoms with Crippen molar-refractivity contribution in [3.05, 3.63) is 53.6 Å².